The third-order valence-corrected chi connectivity index (χ3v) is 3.15. The van der Waals surface area contributed by atoms with Crippen LogP contribution in [-0.2, 0) is 23.9 Å². The standard InChI is InChI=1S/C17H22O5/c1-10(2)6-14(19)7-11(3)8-16(22-13(5)18)15-9-21-17(20)12(15)4/h6,8,15-16H,4,7,9H2,1-3,5H3/b11-8+/t15-,16?/m1/s1. The second kappa shape index (κ2) is 7.73. The van der Waals surface area contributed by atoms with Gasteiger partial charge in [-0.25, -0.2) is 4.79 Å². The number of rotatable bonds is 6. The Morgan fingerprint density at radius 3 is 2.45 bits per heavy atom. The molecule has 0 aliphatic carbocycles. The number of cyclic esters (lactones) is 1. The van der Waals surface area contributed by atoms with Crippen molar-refractivity contribution in [2.45, 2.75) is 40.2 Å². The maximum Gasteiger partial charge on any atom is 0.333 e. The summed E-state index contributed by atoms with van der Waals surface area (Å²) in [6, 6.07) is 0. The van der Waals surface area contributed by atoms with E-state index in [1.807, 2.05) is 13.8 Å². The highest BCUT2D eigenvalue weighted by Crippen LogP contribution is 2.27. The van der Waals surface area contributed by atoms with E-state index in [2.05, 4.69) is 6.58 Å². The summed E-state index contributed by atoms with van der Waals surface area (Å²) in [5.74, 6) is -1.37. The topological polar surface area (TPSA) is 69.7 Å². The summed E-state index contributed by atoms with van der Waals surface area (Å²) < 4.78 is 10.2. The second-order valence-electron chi connectivity index (χ2n) is 5.68. The molecular weight excluding hydrogens is 284 g/mol. The van der Waals surface area contributed by atoms with Crippen LogP contribution in [0.2, 0.25) is 0 Å². The third kappa shape index (κ3) is 5.31. The summed E-state index contributed by atoms with van der Waals surface area (Å²) in [4.78, 5) is 34.5. The normalized spacial score (nSPS) is 19.5. The number of carbonyl (C=O) groups excluding carboxylic acids is 3. The van der Waals surface area contributed by atoms with Crippen molar-refractivity contribution in [3.05, 3.63) is 35.5 Å². The molecule has 0 saturated carbocycles. The molecule has 120 valence electrons. The van der Waals surface area contributed by atoms with Gasteiger partial charge in [-0.1, -0.05) is 17.7 Å². The largest absolute Gasteiger partial charge is 0.462 e. The van der Waals surface area contributed by atoms with Gasteiger partial charge in [-0.2, -0.15) is 0 Å². The van der Waals surface area contributed by atoms with Crippen LogP contribution >= 0.6 is 0 Å². The minimum atomic E-state index is -0.657. The van der Waals surface area contributed by atoms with Crippen molar-refractivity contribution in [1.29, 1.82) is 0 Å². The van der Waals surface area contributed by atoms with Crippen LogP contribution < -0.4 is 0 Å². The van der Waals surface area contributed by atoms with E-state index in [9.17, 15) is 14.4 Å². The summed E-state index contributed by atoms with van der Waals surface area (Å²) in [6.45, 7) is 10.6. The van der Waals surface area contributed by atoms with E-state index in [4.69, 9.17) is 9.47 Å². The number of hydrogen-bond donors (Lipinski definition) is 0. The monoisotopic (exact) mass is 306 g/mol. The molecule has 1 heterocycles. The SMILES string of the molecule is C=C1C(=O)OC[C@H]1C(/C=C(\C)CC(=O)C=C(C)C)OC(C)=O. The van der Waals surface area contributed by atoms with Gasteiger partial charge < -0.3 is 9.47 Å². The summed E-state index contributed by atoms with van der Waals surface area (Å²) in [5.41, 5.74) is 1.98. The molecule has 0 aromatic carbocycles. The van der Waals surface area contributed by atoms with Crippen molar-refractivity contribution < 1.29 is 23.9 Å². The molecule has 1 unspecified atom stereocenters. The smallest absolute Gasteiger partial charge is 0.333 e. The molecule has 1 saturated heterocycles. The summed E-state index contributed by atoms with van der Waals surface area (Å²) in [5, 5.41) is 0. The van der Waals surface area contributed by atoms with Crippen LogP contribution in [0.25, 0.3) is 0 Å². The number of esters is 2. The molecule has 0 radical (unpaired) electrons. The van der Waals surface area contributed by atoms with E-state index in [-0.39, 0.29) is 24.4 Å². The van der Waals surface area contributed by atoms with E-state index < -0.39 is 24.0 Å². The van der Waals surface area contributed by atoms with Crippen molar-refractivity contribution in [3.63, 3.8) is 0 Å². The fourth-order valence-electron chi connectivity index (χ4n) is 2.21. The van der Waals surface area contributed by atoms with Gasteiger partial charge in [0.1, 0.15) is 12.7 Å². The molecular formula is C17H22O5. The average Bonchev–Trinajstić information content (AvgIpc) is 2.67. The molecule has 22 heavy (non-hydrogen) atoms. The molecule has 0 spiro atoms. The van der Waals surface area contributed by atoms with Crippen molar-refractivity contribution in [1.82, 2.24) is 0 Å². The first-order valence-electron chi connectivity index (χ1n) is 7.09. The Bertz CT molecular complexity index is 549. The van der Waals surface area contributed by atoms with Crippen LogP contribution in [-0.4, -0.2) is 30.4 Å². The van der Waals surface area contributed by atoms with Crippen LogP contribution in [0.3, 0.4) is 0 Å². The Morgan fingerprint density at radius 2 is 2.00 bits per heavy atom. The van der Waals surface area contributed by atoms with Gasteiger partial charge in [0.25, 0.3) is 0 Å². The number of ether oxygens (including phenoxy) is 2. The third-order valence-electron chi connectivity index (χ3n) is 3.15. The van der Waals surface area contributed by atoms with Crippen LogP contribution in [0.1, 0.15) is 34.1 Å². The number of carbonyl (C=O) groups is 3. The lowest BCUT2D eigenvalue weighted by Gasteiger charge is -2.19. The molecule has 5 heteroatoms. The van der Waals surface area contributed by atoms with E-state index in [1.54, 1.807) is 19.1 Å². The van der Waals surface area contributed by atoms with Gasteiger partial charge in [-0.05, 0) is 32.9 Å². The molecule has 1 rings (SSSR count). The number of hydrogen-bond acceptors (Lipinski definition) is 5. The predicted molar refractivity (Wildman–Crippen MR) is 82.0 cm³/mol. The Balaban J connectivity index is 2.88. The van der Waals surface area contributed by atoms with Crippen molar-refractivity contribution >= 4 is 17.7 Å². The van der Waals surface area contributed by atoms with Gasteiger partial charge in [0.05, 0.1) is 5.92 Å². The van der Waals surface area contributed by atoms with E-state index in [0.717, 1.165) is 11.1 Å². The summed E-state index contributed by atoms with van der Waals surface area (Å²) in [7, 11) is 0. The van der Waals surface area contributed by atoms with Gasteiger partial charge in [0.15, 0.2) is 5.78 Å². The highest BCUT2D eigenvalue weighted by molar-refractivity contribution is 5.92. The average molecular weight is 306 g/mol. The lowest BCUT2D eigenvalue weighted by Crippen LogP contribution is -2.26. The molecule has 0 N–H and O–H groups in total. The van der Waals surface area contributed by atoms with E-state index in [1.165, 1.54) is 6.92 Å². The van der Waals surface area contributed by atoms with Crippen LogP contribution in [0.5, 0.6) is 0 Å². The molecule has 0 bridgehead atoms. The zero-order valence-corrected chi connectivity index (χ0v) is 13.5. The quantitative estimate of drug-likeness (QED) is 0.428. The first kappa shape index (κ1) is 17.9. The summed E-state index contributed by atoms with van der Waals surface area (Å²) in [6.07, 6.45) is 2.84. The number of allylic oxidation sites excluding steroid dienone is 3. The Labute approximate surface area is 130 Å². The number of ketones is 1. The Hall–Kier alpha value is -2.17. The minimum Gasteiger partial charge on any atom is -0.462 e. The van der Waals surface area contributed by atoms with Crippen molar-refractivity contribution in [2.75, 3.05) is 6.61 Å². The first-order valence-corrected chi connectivity index (χ1v) is 7.09. The maximum atomic E-state index is 11.8. The first-order chi connectivity index (χ1) is 10.2. The van der Waals surface area contributed by atoms with Gasteiger partial charge in [0, 0.05) is 18.9 Å². The molecule has 0 aromatic rings. The van der Waals surface area contributed by atoms with Crippen LogP contribution in [0.4, 0.5) is 0 Å². The van der Waals surface area contributed by atoms with Gasteiger partial charge in [0.2, 0.25) is 0 Å². The maximum absolute atomic E-state index is 11.8. The lowest BCUT2D eigenvalue weighted by molar-refractivity contribution is -0.145. The summed E-state index contributed by atoms with van der Waals surface area (Å²) >= 11 is 0. The van der Waals surface area contributed by atoms with Crippen molar-refractivity contribution in [3.8, 4) is 0 Å². The molecule has 2 atom stereocenters. The fourth-order valence-corrected chi connectivity index (χ4v) is 2.21. The van der Waals surface area contributed by atoms with Gasteiger partial charge in [-0.3, -0.25) is 9.59 Å². The second-order valence-corrected chi connectivity index (χ2v) is 5.68. The molecule has 0 aromatic heterocycles. The van der Waals surface area contributed by atoms with Gasteiger partial charge in [-0.15, -0.1) is 0 Å². The fraction of sp³-hybridized carbons (Fsp3) is 0.471. The molecule has 1 aliphatic rings. The van der Waals surface area contributed by atoms with Crippen LogP contribution in [0, 0.1) is 5.92 Å². The van der Waals surface area contributed by atoms with Crippen molar-refractivity contribution in [2.24, 2.45) is 5.92 Å². The molecule has 1 aliphatic heterocycles. The van der Waals surface area contributed by atoms with Gasteiger partial charge >= 0.3 is 11.9 Å². The van der Waals surface area contributed by atoms with E-state index >= 15 is 0 Å². The highest BCUT2D eigenvalue weighted by atomic mass is 16.6. The lowest BCUT2D eigenvalue weighted by atomic mass is 9.94. The van der Waals surface area contributed by atoms with E-state index in [0.29, 0.717) is 0 Å². The Morgan fingerprint density at radius 1 is 1.36 bits per heavy atom. The predicted octanol–water partition coefficient (Wildman–Crippen LogP) is 2.52. The molecule has 5 nitrogen and oxygen atoms in total. The molecule has 0 amide bonds. The van der Waals surface area contributed by atoms with Crippen LogP contribution in [0.15, 0.2) is 35.5 Å². The molecule has 1 fully saturated rings. The highest BCUT2D eigenvalue weighted by Gasteiger charge is 2.36. The zero-order chi connectivity index (χ0) is 16.9. The zero-order valence-electron chi connectivity index (χ0n) is 13.5. The minimum absolute atomic E-state index is 0.0205. The Kier molecular flexibility index (Phi) is 6.28.